The zero-order valence-corrected chi connectivity index (χ0v) is 21.1. The van der Waals surface area contributed by atoms with Crippen LogP contribution in [0.2, 0.25) is 0 Å². The second-order valence-corrected chi connectivity index (χ2v) is 11.2. The van der Waals surface area contributed by atoms with Crippen LogP contribution in [0.3, 0.4) is 0 Å². The monoisotopic (exact) mass is 499 g/mol. The number of carbonyl (C=O) groups excluding carboxylic acids is 2. The van der Waals surface area contributed by atoms with E-state index in [1.807, 2.05) is 18.2 Å². The molecule has 0 spiro atoms. The van der Waals surface area contributed by atoms with E-state index in [4.69, 9.17) is 0 Å². The highest BCUT2D eigenvalue weighted by atomic mass is 32.2. The molecule has 0 unspecified atom stereocenters. The lowest BCUT2D eigenvalue weighted by Crippen LogP contribution is -2.51. The Morgan fingerprint density at radius 3 is 2.17 bits per heavy atom. The summed E-state index contributed by atoms with van der Waals surface area (Å²) in [6, 6.07) is 14.7. The number of para-hydroxylation sites is 1. The van der Waals surface area contributed by atoms with Gasteiger partial charge >= 0.3 is 0 Å². The van der Waals surface area contributed by atoms with E-state index in [2.05, 4.69) is 27.2 Å². The van der Waals surface area contributed by atoms with Crippen molar-refractivity contribution < 1.29 is 18.0 Å². The highest BCUT2D eigenvalue weighted by Gasteiger charge is 2.26. The van der Waals surface area contributed by atoms with Gasteiger partial charge in [-0.1, -0.05) is 18.2 Å². The first kappa shape index (κ1) is 25.0. The van der Waals surface area contributed by atoms with Gasteiger partial charge in [-0.05, 0) is 43.2 Å². The van der Waals surface area contributed by atoms with Crippen molar-refractivity contribution in [3.63, 3.8) is 0 Å². The fourth-order valence-electron chi connectivity index (χ4n) is 4.52. The second kappa shape index (κ2) is 10.7. The van der Waals surface area contributed by atoms with Gasteiger partial charge < -0.3 is 20.0 Å². The number of hydrogen-bond donors (Lipinski definition) is 1. The molecule has 2 fully saturated rings. The molecule has 4 rings (SSSR count). The molecule has 0 atom stereocenters. The minimum Gasteiger partial charge on any atom is -0.371 e. The van der Waals surface area contributed by atoms with Gasteiger partial charge in [-0.15, -0.1) is 0 Å². The molecule has 0 saturated carbocycles. The van der Waals surface area contributed by atoms with Crippen LogP contribution in [-0.2, 0) is 14.8 Å². The number of carbonyl (C=O) groups is 2. The predicted octanol–water partition coefficient (Wildman–Crippen LogP) is 1.62. The zero-order chi connectivity index (χ0) is 25.0. The Morgan fingerprint density at radius 1 is 0.886 bits per heavy atom. The summed E-state index contributed by atoms with van der Waals surface area (Å²) >= 11 is 0. The Hall–Kier alpha value is -3.11. The van der Waals surface area contributed by atoms with Gasteiger partial charge in [0.25, 0.3) is 5.91 Å². The first-order valence-corrected chi connectivity index (χ1v) is 13.4. The molecule has 188 valence electrons. The van der Waals surface area contributed by atoms with Crippen molar-refractivity contribution in [2.45, 2.75) is 17.7 Å². The highest BCUT2D eigenvalue weighted by molar-refractivity contribution is 7.89. The van der Waals surface area contributed by atoms with Gasteiger partial charge in [-0.2, -0.15) is 0 Å². The van der Waals surface area contributed by atoms with Crippen LogP contribution in [0.25, 0.3) is 0 Å². The summed E-state index contributed by atoms with van der Waals surface area (Å²) in [6.07, 6.45) is 2.04. The molecule has 0 radical (unpaired) electrons. The molecule has 35 heavy (non-hydrogen) atoms. The number of rotatable bonds is 7. The zero-order valence-electron chi connectivity index (χ0n) is 20.3. The third-order valence-electron chi connectivity index (χ3n) is 6.59. The molecule has 1 N–H and O–H groups in total. The maximum atomic E-state index is 13.2. The highest BCUT2D eigenvalue weighted by Crippen LogP contribution is 2.28. The SMILES string of the molecule is CN(C)S(=O)(=O)c1ccc(N2CCCC2)c(C(=O)NCC(=O)N2CCN(c3ccccc3)CC2)c1. The van der Waals surface area contributed by atoms with Crippen LogP contribution in [0.4, 0.5) is 11.4 Å². The molecule has 2 aliphatic rings. The van der Waals surface area contributed by atoms with Crippen LogP contribution in [0, 0.1) is 0 Å². The number of nitrogens with one attached hydrogen (secondary N) is 1. The Balaban J connectivity index is 1.42. The molecule has 2 heterocycles. The first-order chi connectivity index (χ1) is 16.8. The van der Waals surface area contributed by atoms with E-state index in [1.165, 1.54) is 26.2 Å². The average Bonchev–Trinajstić information content (AvgIpc) is 3.42. The average molecular weight is 500 g/mol. The molecule has 0 aliphatic carbocycles. The van der Waals surface area contributed by atoms with Crippen molar-refractivity contribution >= 4 is 33.2 Å². The van der Waals surface area contributed by atoms with Gasteiger partial charge in [0, 0.05) is 64.7 Å². The molecule has 2 amide bonds. The fourth-order valence-corrected chi connectivity index (χ4v) is 5.45. The lowest BCUT2D eigenvalue weighted by Gasteiger charge is -2.36. The van der Waals surface area contributed by atoms with Crippen LogP contribution in [0.15, 0.2) is 53.4 Å². The van der Waals surface area contributed by atoms with Crippen molar-refractivity contribution in [2.75, 3.05) is 69.7 Å². The Morgan fingerprint density at radius 2 is 1.54 bits per heavy atom. The lowest BCUT2D eigenvalue weighted by molar-refractivity contribution is -0.130. The summed E-state index contributed by atoms with van der Waals surface area (Å²) in [5.41, 5.74) is 2.10. The van der Waals surface area contributed by atoms with Gasteiger partial charge in [-0.25, -0.2) is 12.7 Å². The number of amides is 2. The van der Waals surface area contributed by atoms with E-state index in [0.717, 1.165) is 49.0 Å². The van der Waals surface area contributed by atoms with Gasteiger partial charge in [0.15, 0.2) is 0 Å². The summed E-state index contributed by atoms with van der Waals surface area (Å²) in [5.74, 6) is -0.593. The molecule has 0 aromatic heterocycles. The maximum Gasteiger partial charge on any atom is 0.253 e. The van der Waals surface area contributed by atoms with Crippen molar-refractivity contribution in [3.8, 4) is 0 Å². The molecule has 0 bridgehead atoms. The van der Waals surface area contributed by atoms with Crippen LogP contribution >= 0.6 is 0 Å². The fraction of sp³-hybridized carbons (Fsp3) is 0.440. The molecule has 10 heteroatoms. The molecule has 2 aliphatic heterocycles. The quantitative estimate of drug-likeness (QED) is 0.622. The summed E-state index contributed by atoms with van der Waals surface area (Å²) in [4.78, 5) is 32.1. The largest absolute Gasteiger partial charge is 0.371 e. The van der Waals surface area contributed by atoms with Crippen LogP contribution in [0.1, 0.15) is 23.2 Å². The molecular formula is C25H33N5O4S. The standard InChI is InChI=1S/C25H33N5O4S/c1-27(2)35(33,34)21-10-11-23(29-12-6-7-13-29)22(18-21)25(32)26-19-24(31)30-16-14-28(15-17-30)20-8-4-3-5-9-20/h3-5,8-11,18H,6-7,12-17,19H2,1-2H3,(H,26,32). The topological polar surface area (TPSA) is 93.3 Å². The number of benzene rings is 2. The van der Waals surface area contributed by atoms with Crippen LogP contribution in [0.5, 0.6) is 0 Å². The molecule has 2 saturated heterocycles. The Kier molecular flexibility index (Phi) is 7.61. The van der Waals surface area contributed by atoms with Crippen molar-refractivity contribution in [2.24, 2.45) is 0 Å². The van der Waals surface area contributed by atoms with E-state index in [9.17, 15) is 18.0 Å². The minimum absolute atomic E-state index is 0.0546. The maximum absolute atomic E-state index is 13.2. The van der Waals surface area contributed by atoms with E-state index in [-0.39, 0.29) is 22.9 Å². The van der Waals surface area contributed by atoms with Gasteiger partial charge in [0.05, 0.1) is 17.0 Å². The predicted molar refractivity (Wildman–Crippen MR) is 136 cm³/mol. The van der Waals surface area contributed by atoms with Gasteiger partial charge in [-0.3, -0.25) is 9.59 Å². The summed E-state index contributed by atoms with van der Waals surface area (Å²) in [7, 11) is -0.779. The Bertz CT molecular complexity index is 1160. The minimum atomic E-state index is -3.69. The third kappa shape index (κ3) is 5.59. The first-order valence-electron chi connectivity index (χ1n) is 11.9. The van der Waals surface area contributed by atoms with Crippen LogP contribution in [-0.4, -0.2) is 89.3 Å². The van der Waals surface area contributed by atoms with Crippen molar-refractivity contribution in [1.82, 2.24) is 14.5 Å². The summed E-state index contributed by atoms with van der Waals surface area (Å²) < 4.78 is 26.4. The van der Waals surface area contributed by atoms with E-state index in [0.29, 0.717) is 18.8 Å². The lowest BCUT2D eigenvalue weighted by atomic mass is 10.1. The van der Waals surface area contributed by atoms with Crippen molar-refractivity contribution in [3.05, 3.63) is 54.1 Å². The summed E-state index contributed by atoms with van der Waals surface area (Å²) in [6.45, 7) is 4.11. The van der Waals surface area contributed by atoms with Gasteiger partial charge in [0.1, 0.15) is 0 Å². The number of anilines is 2. The summed E-state index contributed by atoms with van der Waals surface area (Å²) in [5, 5.41) is 2.73. The van der Waals surface area contributed by atoms with E-state index >= 15 is 0 Å². The third-order valence-corrected chi connectivity index (χ3v) is 8.40. The van der Waals surface area contributed by atoms with E-state index < -0.39 is 15.9 Å². The normalized spacial score (nSPS) is 16.6. The van der Waals surface area contributed by atoms with E-state index in [1.54, 1.807) is 11.0 Å². The van der Waals surface area contributed by atoms with Crippen molar-refractivity contribution in [1.29, 1.82) is 0 Å². The number of nitrogens with zero attached hydrogens (tertiary/aromatic N) is 4. The number of piperazine rings is 1. The smallest absolute Gasteiger partial charge is 0.253 e. The molecule has 9 nitrogen and oxygen atoms in total. The van der Waals surface area contributed by atoms with Gasteiger partial charge in [0.2, 0.25) is 15.9 Å². The molecular weight excluding hydrogens is 466 g/mol. The molecule has 2 aromatic carbocycles. The number of hydrogen-bond acceptors (Lipinski definition) is 6. The molecule has 2 aromatic rings. The Labute approximate surface area is 207 Å². The number of sulfonamides is 1. The second-order valence-electron chi connectivity index (χ2n) is 9.05. The van der Waals surface area contributed by atoms with Crippen LogP contribution < -0.4 is 15.1 Å².